The van der Waals surface area contributed by atoms with E-state index in [1.54, 1.807) is 0 Å². The molecule has 3 rings (SSSR count). The van der Waals surface area contributed by atoms with Crippen molar-refractivity contribution in [3.05, 3.63) is 64.4 Å². The molecule has 156 valence electrons. The minimum Gasteiger partial charge on any atom is -0.352 e. The van der Waals surface area contributed by atoms with Crippen molar-refractivity contribution in [3.8, 4) is 0 Å². The van der Waals surface area contributed by atoms with E-state index in [1.807, 2.05) is 0 Å². The van der Waals surface area contributed by atoms with Gasteiger partial charge in [0, 0.05) is 12.1 Å². The third-order valence-corrected chi connectivity index (χ3v) is 7.32. The van der Waals surface area contributed by atoms with E-state index in [9.17, 15) is 30.8 Å². The van der Waals surface area contributed by atoms with E-state index in [4.69, 9.17) is 11.6 Å². The molecule has 4 nitrogen and oxygen atoms in total. The molecule has 1 fully saturated rings. The number of nitrogens with one attached hydrogen (secondary N) is 1. The molecule has 29 heavy (non-hydrogen) atoms. The number of rotatable bonds is 5. The average molecular weight is 450 g/mol. The Hall–Kier alpha value is -2.13. The number of halogens is 5. The van der Waals surface area contributed by atoms with E-state index in [1.165, 1.54) is 12.1 Å². The largest absolute Gasteiger partial charge is 0.416 e. The van der Waals surface area contributed by atoms with Crippen molar-refractivity contribution >= 4 is 27.3 Å². The summed E-state index contributed by atoms with van der Waals surface area (Å²) in [5, 5.41) is 1.64. The highest BCUT2D eigenvalue weighted by Crippen LogP contribution is 2.37. The summed E-state index contributed by atoms with van der Waals surface area (Å²) in [6.07, 6.45) is -4.17. The monoisotopic (exact) mass is 449 g/mol. The van der Waals surface area contributed by atoms with Crippen molar-refractivity contribution in [2.75, 3.05) is 6.54 Å². The van der Waals surface area contributed by atoms with E-state index in [0.29, 0.717) is 6.07 Å². The fraction of sp³-hybridized carbons (Fsp3) is 0.316. The van der Waals surface area contributed by atoms with Gasteiger partial charge in [0.15, 0.2) is 9.84 Å². The lowest BCUT2D eigenvalue weighted by molar-refractivity contribution is -0.137. The van der Waals surface area contributed by atoms with Crippen molar-refractivity contribution in [1.29, 1.82) is 0 Å². The summed E-state index contributed by atoms with van der Waals surface area (Å²) in [5.41, 5.74) is -0.844. The molecule has 0 heterocycles. The van der Waals surface area contributed by atoms with Gasteiger partial charge >= 0.3 is 6.18 Å². The SMILES string of the molecule is O=C(NC[C@H]1C[C@H](S(=O)(=O)c2cccc(C(F)(F)F)c2)C1)c1ccc(F)c(Cl)c1. The van der Waals surface area contributed by atoms with Crippen molar-refractivity contribution in [2.24, 2.45) is 5.92 Å². The van der Waals surface area contributed by atoms with Crippen LogP contribution in [0.15, 0.2) is 47.4 Å². The molecule has 1 aliphatic rings. The molecule has 10 heteroatoms. The first-order valence-corrected chi connectivity index (χ1v) is 10.6. The van der Waals surface area contributed by atoms with E-state index in [0.717, 1.165) is 24.3 Å². The third-order valence-electron chi connectivity index (χ3n) is 4.85. The Morgan fingerprint density at radius 1 is 1.14 bits per heavy atom. The number of hydrogen-bond donors (Lipinski definition) is 1. The van der Waals surface area contributed by atoms with Gasteiger partial charge in [-0.25, -0.2) is 12.8 Å². The fourth-order valence-corrected chi connectivity index (χ4v) is 5.29. The molecule has 0 atom stereocenters. The number of carbonyl (C=O) groups is 1. The number of benzene rings is 2. The molecule has 0 aliphatic heterocycles. The lowest BCUT2D eigenvalue weighted by Crippen LogP contribution is -2.42. The van der Waals surface area contributed by atoms with Crippen LogP contribution in [-0.4, -0.2) is 26.1 Å². The van der Waals surface area contributed by atoms with E-state index in [2.05, 4.69) is 5.32 Å². The number of hydrogen-bond acceptors (Lipinski definition) is 3. The van der Waals surface area contributed by atoms with Crippen molar-refractivity contribution < 1.29 is 30.8 Å². The molecule has 2 aromatic rings. The molecule has 1 N–H and O–H groups in total. The van der Waals surface area contributed by atoms with Gasteiger partial charge in [-0.15, -0.1) is 0 Å². The Morgan fingerprint density at radius 3 is 2.45 bits per heavy atom. The fourth-order valence-electron chi connectivity index (χ4n) is 3.11. The van der Waals surface area contributed by atoms with Crippen LogP contribution in [0.4, 0.5) is 17.6 Å². The number of carbonyl (C=O) groups excluding carboxylic acids is 1. The predicted molar refractivity (Wildman–Crippen MR) is 98.9 cm³/mol. The summed E-state index contributed by atoms with van der Waals surface area (Å²) < 4.78 is 76.7. The van der Waals surface area contributed by atoms with Crippen LogP contribution in [0.1, 0.15) is 28.8 Å². The maximum Gasteiger partial charge on any atom is 0.416 e. The van der Waals surface area contributed by atoms with Gasteiger partial charge < -0.3 is 5.32 Å². The van der Waals surface area contributed by atoms with E-state index in [-0.39, 0.29) is 40.8 Å². The molecule has 0 spiro atoms. The molecule has 2 aromatic carbocycles. The van der Waals surface area contributed by atoms with Crippen molar-refractivity contribution in [1.82, 2.24) is 5.32 Å². The molecular weight excluding hydrogens is 434 g/mol. The molecule has 0 unspecified atom stereocenters. The van der Waals surface area contributed by atoms with Gasteiger partial charge in [0.1, 0.15) is 5.82 Å². The molecule has 0 bridgehead atoms. The van der Waals surface area contributed by atoms with Gasteiger partial charge in [0.2, 0.25) is 0 Å². The first kappa shape index (κ1) is 21.6. The van der Waals surface area contributed by atoms with Crippen molar-refractivity contribution in [3.63, 3.8) is 0 Å². The first-order valence-electron chi connectivity index (χ1n) is 8.63. The summed E-state index contributed by atoms with van der Waals surface area (Å²) in [6.45, 7) is 0.197. The predicted octanol–water partition coefficient (Wildman–Crippen LogP) is 4.48. The molecular formula is C19H16ClF4NO3S. The first-order chi connectivity index (χ1) is 13.5. The van der Waals surface area contributed by atoms with Gasteiger partial charge in [0.05, 0.1) is 20.7 Å². The molecule has 1 saturated carbocycles. The standard InChI is InChI=1S/C19H16ClF4NO3S/c20-16-8-12(4-5-17(16)21)18(26)25-10-11-6-15(7-11)29(27,28)14-3-1-2-13(9-14)19(22,23)24/h1-5,8-9,11,15H,6-7,10H2,(H,25,26)/t11-,15-. The maximum atomic E-state index is 13.1. The van der Waals surface area contributed by atoms with Crippen LogP contribution >= 0.6 is 11.6 Å². The average Bonchev–Trinajstić information content (AvgIpc) is 2.61. The number of amides is 1. The summed E-state index contributed by atoms with van der Waals surface area (Å²) in [4.78, 5) is 11.7. The second-order valence-corrected chi connectivity index (χ2v) is 9.50. The molecule has 1 aliphatic carbocycles. The lowest BCUT2D eigenvalue weighted by Gasteiger charge is -2.35. The Bertz CT molecular complexity index is 1030. The summed E-state index contributed by atoms with van der Waals surface area (Å²) in [6, 6.07) is 7.21. The second kappa shape index (κ2) is 7.95. The summed E-state index contributed by atoms with van der Waals surface area (Å²) in [7, 11) is -3.89. The minimum absolute atomic E-state index is 0.125. The van der Waals surface area contributed by atoms with Gasteiger partial charge in [-0.2, -0.15) is 13.2 Å². The van der Waals surface area contributed by atoms with Gasteiger partial charge in [-0.05, 0) is 55.2 Å². The van der Waals surface area contributed by atoms with Crippen LogP contribution < -0.4 is 5.32 Å². The number of alkyl halides is 3. The molecule has 1 amide bonds. The maximum absolute atomic E-state index is 13.1. The summed E-state index contributed by atoms with van der Waals surface area (Å²) in [5.74, 6) is -1.25. The van der Waals surface area contributed by atoms with Crippen molar-refractivity contribution in [2.45, 2.75) is 29.2 Å². The zero-order chi connectivity index (χ0) is 21.4. The zero-order valence-electron chi connectivity index (χ0n) is 14.8. The Morgan fingerprint density at radius 2 is 1.83 bits per heavy atom. The van der Waals surface area contributed by atoms with E-state index < -0.39 is 38.6 Å². The number of sulfone groups is 1. The van der Waals surface area contributed by atoms with Crippen LogP contribution in [0.25, 0.3) is 0 Å². The van der Waals surface area contributed by atoms with Crippen LogP contribution in [0.2, 0.25) is 5.02 Å². The minimum atomic E-state index is -4.62. The topological polar surface area (TPSA) is 63.2 Å². The quantitative estimate of drug-likeness (QED) is 0.684. The van der Waals surface area contributed by atoms with Gasteiger partial charge in [0.25, 0.3) is 5.91 Å². The molecule has 0 saturated heterocycles. The van der Waals surface area contributed by atoms with Crippen LogP contribution in [0.3, 0.4) is 0 Å². The normalized spacial score (nSPS) is 19.5. The Kier molecular flexibility index (Phi) is 5.91. The van der Waals surface area contributed by atoms with Gasteiger partial charge in [-0.1, -0.05) is 17.7 Å². The Labute approximate surface area is 169 Å². The van der Waals surface area contributed by atoms with Crippen LogP contribution in [-0.2, 0) is 16.0 Å². The highest BCUT2D eigenvalue weighted by Gasteiger charge is 2.40. The molecule has 0 aromatic heterocycles. The highest BCUT2D eigenvalue weighted by molar-refractivity contribution is 7.92. The summed E-state index contributed by atoms with van der Waals surface area (Å²) >= 11 is 5.63. The lowest BCUT2D eigenvalue weighted by atomic mass is 9.85. The zero-order valence-corrected chi connectivity index (χ0v) is 16.4. The van der Waals surface area contributed by atoms with E-state index >= 15 is 0 Å². The van der Waals surface area contributed by atoms with Gasteiger partial charge in [-0.3, -0.25) is 4.79 Å². The Balaban J connectivity index is 1.58. The highest BCUT2D eigenvalue weighted by atomic mass is 35.5. The third kappa shape index (κ3) is 4.72. The molecule has 0 radical (unpaired) electrons. The van der Waals surface area contributed by atoms with Crippen LogP contribution in [0.5, 0.6) is 0 Å². The smallest absolute Gasteiger partial charge is 0.352 e. The second-order valence-electron chi connectivity index (χ2n) is 6.87. The van der Waals surface area contributed by atoms with Crippen LogP contribution in [0, 0.1) is 11.7 Å².